The van der Waals surface area contributed by atoms with E-state index in [4.69, 9.17) is 11.0 Å². The lowest BCUT2D eigenvalue weighted by Gasteiger charge is -2.09. The van der Waals surface area contributed by atoms with E-state index in [2.05, 4.69) is 15.0 Å². The lowest BCUT2D eigenvalue weighted by atomic mass is 10.2. The van der Waals surface area contributed by atoms with E-state index in [9.17, 15) is 9.18 Å². The van der Waals surface area contributed by atoms with Gasteiger partial charge in [-0.3, -0.25) is 0 Å². The van der Waals surface area contributed by atoms with Crippen molar-refractivity contribution in [1.82, 2.24) is 4.98 Å². The number of aromatic nitrogens is 1. The Morgan fingerprint density at radius 1 is 1.48 bits per heavy atom. The first-order valence-electron chi connectivity index (χ1n) is 5.85. The predicted molar refractivity (Wildman–Crippen MR) is 74.4 cm³/mol. The molecule has 1 heterocycles. The molecule has 0 atom stereocenters. The minimum Gasteiger partial charge on any atom is -0.465 e. The lowest BCUT2D eigenvalue weighted by Crippen LogP contribution is -2.07. The van der Waals surface area contributed by atoms with Crippen LogP contribution in [0.4, 0.5) is 21.6 Å². The lowest BCUT2D eigenvalue weighted by molar-refractivity contribution is 0.0602. The van der Waals surface area contributed by atoms with Crippen molar-refractivity contribution in [3.8, 4) is 6.07 Å². The van der Waals surface area contributed by atoms with Gasteiger partial charge in [0.15, 0.2) is 0 Å². The molecule has 0 bridgehead atoms. The summed E-state index contributed by atoms with van der Waals surface area (Å²) in [6, 6.07) is 7.11. The van der Waals surface area contributed by atoms with Crippen LogP contribution >= 0.6 is 0 Å². The molecule has 0 amide bonds. The zero-order chi connectivity index (χ0) is 15.4. The Morgan fingerprint density at radius 2 is 2.24 bits per heavy atom. The Balaban J connectivity index is 2.32. The molecular formula is C14H11FN4O2. The molecule has 0 aliphatic carbocycles. The van der Waals surface area contributed by atoms with Crippen LogP contribution in [0.15, 0.2) is 30.5 Å². The molecular weight excluding hydrogens is 275 g/mol. The van der Waals surface area contributed by atoms with Crippen molar-refractivity contribution in [2.75, 3.05) is 18.2 Å². The molecule has 0 fully saturated rings. The Morgan fingerprint density at radius 3 is 2.90 bits per heavy atom. The van der Waals surface area contributed by atoms with Crippen molar-refractivity contribution in [3.63, 3.8) is 0 Å². The van der Waals surface area contributed by atoms with Gasteiger partial charge in [-0.25, -0.2) is 14.2 Å². The van der Waals surface area contributed by atoms with Crippen LogP contribution in [0.3, 0.4) is 0 Å². The highest BCUT2D eigenvalue weighted by atomic mass is 19.1. The number of hydrogen-bond acceptors (Lipinski definition) is 6. The fourth-order valence-corrected chi connectivity index (χ4v) is 1.66. The van der Waals surface area contributed by atoms with Gasteiger partial charge < -0.3 is 15.8 Å². The van der Waals surface area contributed by atoms with E-state index in [0.717, 1.165) is 0 Å². The number of halogens is 1. The van der Waals surface area contributed by atoms with Gasteiger partial charge in [-0.2, -0.15) is 5.26 Å². The number of benzene rings is 1. The highest BCUT2D eigenvalue weighted by Gasteiger charge is 2.12. The number of rotatable bonds is 3. The molecule has 2 rings (SSSR count). The number of carbonyl (C=O) groups excluding carboxylic acids is 1. The zero-order valence-corrected chi connectivity index (χ0v) is 11.1. The smallest absolute Gasteiger partial charge is 0.340 e. The van der Waals surface area contributed by atoms with Crippen LogP contribution in [0.1, 0.15) is 15.9 Å². The zero-order valence-electron chi connectivity index (χ0n) is 11.1. The number of ether oxygens (including phenoxy) is 1. The van der Waals surface area contributed by atoms with Gasteiger partial charge in [0, 0.05) is 5.69 Å². The molecule has 0 aliphatic rings. The highest BCUT2D eigenvalue weighted by molar-refractivity contribution is 5.95. The summed E-state index contributed by atoms with van der Waals surface area (Å²) in [5, 5.41) is 11.6. The maximum atomic E-state index is 13.2. The van der Waals surface area contributed by atoms with Crippen LogP contribution in [0.25, 0.3) is 0 Å². The molecule has 21 heavy (non-hydrogen) atoms. The van der Waals surface area contributed by atoms with Crippen molar-refractivity contribution in [3.05, 3.63) is 47.4 Å². The minimum absolute atomic E-state index is 0.0939. The van der Waals surface area contributed by atoms with Gasteiger partial charge in [0.1, 0.15) is 17.7 Å². The molecule has 1 aromatic heterocycles. The quantitative estimate of drug-likeness (QED) is 0.839. The predicted octanol–water partition coefficient (Wildman–Crippen LogP) is 2.20. The number of anilines is 3. The summed E-state index contributed by atoms with van der Waals surface area (Å²) in [4.78, 5) is 15.5. The third kappa shape index (κ3) is 3.06. The molecule has 106 valence electrons. The number of nitrogens with zero attached hydrogens (tertiary/aromatic N) is 2. The van der Waals surface area contributed by atoms with Crippen LogP contribution in [0, 0.1) is 17.1 Å². The summed E-state index contributed by atoms with van der Waals surface area (Å²) in [5.74, 6) is -0.876. The Labute approximate surface area is 120 Å². The highest BCUT2D eigenvalue weighted by Crippen LogP contribution is 2.21. The first-order chi connectivity index (χ1) is 10.0. The van der Waals surface area contributed by atoms with Gasteiger partial charge in [-0.15, -0.1) is 0 Å². The third-order valence-electron chi connectivity index (χ3n) is 2.70. The maximum Gasteiger partial charge on any atom is 0.340 e. The van der Waals surface area contributed by atoms with Crippen LogP contribution < -0.4 is 11.1 Å². The van der Waals surface area contributed by atoms with E-state index in [0.29, 0.717) is 11.5 Å². The molecule has 0 radical (unpaired) electrons. The summed E-state index contributed by atoms with van der Waals surface area (Å²) in [6.45, 7) is 0. The van der Waals surface area contributed by atoms with Gasteiger partial charge in [0.2, 0.25) is 0 Å². The van der Waals surface area contributed by atoms with E-state index in [1.807, 2.05) is 0 Å². The van der Waals surface area contributed by atoms with E-state index in [1.54, 1.807) is 6.07 Å². The summed E-state index contributed by atoms with van der Waals surface area (Å²) < 4.78 is 17.8. The summed E-state index contributed by atoms with van der Waals surface area (Å²) >= 11 is 0. The topological polar surface area (TPSA) is 101 Å². The van der Waals surface area contributed by atoms with Crippen LogP contribution in [-0.4, -0.2) is 18.1 Å². The van der Waals surface area contributed by atoms with Crippen molar-refractivity contribution >= 4 is 23.2 Å². The number of pyridine rings is 1. The van der Waals surface area contributed by atoms with E-state index in [-0.39, 0.29) is 16.8 Å². The third-order valence-corrected chi connectivity index (χ3v) is 2.70. The largest absolute Gasteiger partial charge is 0.465 e. The number of nitrogens with one attached hydrogen (secondary N) is 1. The van der Waals surface area contributed by atoms with Gasteiger partial charge in [-0.1, -0.05) is 0 Å². The standard InChI is InChI=1S/C14H11FN4O2/c1-21-14(20)10-5-13(18-7-12(10)17)19-9-2-3-11(15)8(4-9)6-16/h2-5,7H,17H2,1H3,(H,18,19). The van der Waals surface area contributed by atoms with Crippen LogP contribution in [0.5, 0.6) is 0 Å². The summed E-state index contributed by atoms with van der Waals surface area (Å²) in [6.07, 6.45) is 1.31. The Hall–Kier alpha value is -3.14. The van der Waals surface area contributed by atoms with Crippen molar-refractivity contribution in [1.29, 1.82) is 5.26 Å². The molecule has 0 saturated heterocycles. The van der Waals surface area contributed by atoms with Gasteiger partial charge in [0.25, 0.3) is 0 Å². The van der Waals surface area contributed by atoms with Crippen molar-refractivity contribution < 1.29 is 13.9 Å². The molecule has 2 aromatic rings. The SMILES string of the molecule is COC(=O)c1cc(Nc2ccc(F)c(C#N)c2)ncc1N. The van der Waals surface area contributed by atoms with Gasteiger partial charge in [0.05, 0.1) is 30.1 Å². The molecule has 1 aromatic carbocycles. The van der Waals surface area contributed by atoms with Gasteiger partial charge in [-0.05, 0) is 24.3 Å². The fraction of sp³-hybridized carbons (Fsp3) is 0.0714. The second kappa shape index (κ2) is 5.88. The molecule has 0 aliphatic heterocycles. The Bertz CT molecular complexity index is 740. The monoisotopic (exact) mass is 286 g/mol. The van der Waals surface area contributed by atoms with E-state index >= 15 is 0 Å². The molecule has 0 unspecified atom stereocenters. The van der Waals surface area contributed by atoms with Crippen LogP contribution in [0.2, 0.25) is 0 Å². The number of nitrogen functional groups attached to an aromatic ring is 1. The number of nitrogens with two attached hydrogens (primary N) is 1. The molecule has 3 N–H and O–H groups in total. The molecule has 6 nitrogen and oxygen atoms in total. The molecule has 7 heteroatoms. The second-order valence-electron chi connectivity index (χ2n) is 4.08. The Kier molecular flexibility index (Phi) is 4.00. The average Bonchev–Trinajstić information content (AvgIpc) is 2.50. The number of carbonyl (C=O) groups is 1. The normalized spacial score (nSPS) is 9.76. The number of methoxy groups -OCH3 is 1. The summed E-state index contributed by atoms with van der Waals surface area (Å²) in [7, 11) is 1.24. The number of hydrogen-bond donors (Lipinski definition) is 2. The van der Waals surface area contributed by atoms with Gasteiger partial charge >= 0.3 is 5.97 Å². The van der Waals surface area contributed by atoms with E-state index in [1.165, 1.54) is 37.6 Å². The van der Waals surface area contributed by atoms with E-state index < -0.39 is 11.8 Å². The fourth-order valence-electron chi connectivity index (χ4n) is 1.66. The first kappa shape index (κ1) is 14.3. The second-order valence-corrected chi connectivity index (χ2v) is 4.08. The maximum absolute atomic E-state index is 13.2. The van der Waals surface area contributed by atoms with Crippen molar-refractivity contribution in [2.45, 2.75) is 0 Å². The first-order valence-corrected chi connectivity index (χ1v) is 5.85. The average molecular weight is 286 g/mol. The minimum atomic E-state index is -0.608. The molecule has 0 saturated carbocycles. The summed E-state index contributed by atoms with van der Waals surface area (Å²) in [5.41, 5.74) is 6.36. The van der Waals surface area contributed by atoms with Crippen LogP contribution in [-0.2, 0) is 4.74 Å². The number of nitriles is 1. The number of esters is 1. The van der Waals surface area contributed by atoms with Crippen molar-refractivity contribution in [2.24, 2.45) is 0 Å². The molecule has 0 spiro atoms.